The van der Waals surface area contributed by atoms with Gasteiger partial charge in [0.15, 0.2) is 0 Å². The zero-order valence-electron chi connectivity index (χ0n) is 11.5. The molecule has 2 aromatic rings. The average molecular weight is 347 g/mol. The van der Waals surface area contributed by atoms with E-state index in [4.69, 9.17) is 44.3 Å². The quantitative estimate of drug-likeness (QED) is 0.799. The minimum atomic E-state index is 0.498. The number of rotatable bonds is 5. The molecule has 0 radical (unpaired) electrons. The van der Waals surface area contributed by atoms with E-state index >= 15 is 0 Å². The van der Waals surface area contributed by atoms with Crippen molar-refractivity contribution < 1.29 is 9.47 Å². The third-order valence-corrected chi connectivity index (χ3v) is 4.13. The Morgan fingerprint density at radius 1 is 0.952 bits per heavy atom. The fraction of sp³-hybridized carbons (Fsp3) is 0.200. The van der Waals surface area contributed by atoms with Gasteiger partial charge in [-0.05, 0) is 17.7 Å². The smallest absolute Gasteiger partial charge is 0.145 e. The van der Waals surface area contributed by atoms with Crippen molar-refractivity contribution in [2.45, 2.75) is 6.54 Å². The van der Waals surface area contributed by atoms with E-state index in [0.29, 0.717) is 33.1 Å². The Morgan fingerprint density at radius 3 is 2.33 bits per heavy atom. The molecule has 2 aromatic carbocycles. The molecule has 21 heavy (non-hydrogen) atoms. The van der Waals surface area contributed by atoms with Gasteiger partial charge in [0.2, 0.25) is 0 Å². The molecule has 0 amide bonds. The number of benzene rings is 2. The second-order valence-electron chi connectivity index (χ2n) is 4.25. The lowest BCUT2D eigenvalue weighted by atomic mass is 10.2. The Labute approximate surface area is 138 Å². The van der Waals surface area contributed by atoms with Gasteiger partial charge in [-0.15, -0.1) is 0 Å². The topological polar surface area (TPSA) is 30.5 Å². The fourth-order valence-electron chi connectivity index (χ4n) is 1.87. The summed E-state index contributed by atoms with van der Waals surface area (Å²) >= 11 is 18.3. The van der Waals surface area contributed by atoms with Crippen molar-refractivity contribution in [1.29, 1.82) is 0 Å². The Bertz CT molecular complexity index is 647. The van der Waals surface area contributed by atoms with Crippen LogP contribution in [0.1, 0.15) is 5.56 Å². The maximum Gasteiger partial charge on any atom is 0.145 e. The molecule has 0 unspecified atom stereocenters. The highest BCUT2D eigenvalue weighted by Crippen LogP contribution is 2.36. The van der Waals surface area contributed by atoms with Gasteiger partial charge in [0, 0.05) is 12.6 Å². The Hall–Kier alpha value is -1.29. The highest BCUT2D eigenvalue weighted by Gasteiger charge is 2.11. The van der Waals surface area contributed by atoms with Gasteiger partial charge in [-0.2, -0.15) is 0 Å². The van der Waals surface area contributed by atoms with Gasteiger partial charge >= 0.3 is 0 Å². The molecule has 0 saturated carbocycles. The first-order chi connectivity index (χ1) is 10.1. The third kappa shape index (κ3) is 3.67. The second-order valence-corrected chi connectivity index (χ2v) is 5.45. The maximum atomic E-state index is 6.16. The molecule has 0 heterocycles. The van der Waals surface area contributed by atoms with E-state index in [9.17, 15) is 0 Å². The third-order valence-electron chi connectivity index (χ3n) is 2.97. The van der Waals surface area contributed by atoms with Gasteiger partial charge < -0.3 is 14.8 Å². The van der Waals surface area contributed by atoms with Crippen LogP contribution in [0.15, 0.2) is 30.3 Å². The molecule has 6 heteroatoms. The summed E-state index contributed by atoms with van der Waals surface area (Å²) in [5.74, 6) is 1.19. The molecular weight excluding hydrogens is 333 g/mol. The molecule has 0 aliphatic carbocycles. The molecule has 0 spiro atoms. The van der Waals surface area contributed by atoms with Crippen LogP contribution in [0.4, 0.5) is 5.69 Å². The summed E-state index contributed by atoms with van der Waals surface area (Å²) in [5.41, 5.74) is 1.64. The van der Waals surface area contributed by atoms with Crippen LogP contribution in [-0.4, -0.2) is 14.2 Å². The number of hydrogen-bond acceptors (Lipinski definition) is 3. The number of hydrogen-bond donors (Lipinski definition) is 1. The first-order valence-electron chi connectivity index (χ1n) is 6.15. The van der Waals surface area contributed by atoms with E-state index in [1.54, 1.807) is 32.4 Å². The van der Waals surface area contributed by atoms with Crippen LogP contribution in [-0.2, 0) is 6.54 Å². The minimum absolute atomic E-state index is 0.498. The molecule has 112 valence electrons. The van der Waals surface area contributed by atoms with Crippen molar-refractivity contribution in [3.05, 3.63) is 51.0 Å². The Morgan fingerprint density at radius 2 is 1.67 bits per heavy atom. The zero-order valence-corrected chi connectivity index (χ0v) is 13.8. The van der Waals surface area contributed by atoms with E-state index in [2.05, 4.69) is 5.32 Å². The standard InChI is InChI=1S/C15H14Cl3NO2/c1-20-13-7-14(21-2)12(6-11(13)17)19-8-9-4-3-5-10(16)15(9)18/h3-7,19H,8H2,1-2H3. The van der Waals surface area contributed by atoms with E-state index in [-0.39, 0.29) is 0 Å². The Balaban J connectivity index is 2.23. The zero-order chi connectivity index (χ0) is 15.4. The summed E-state index contributed by atoms with van der Waals surface area (Å²) in [7, 11) is 3.14. The molecule has 1 N–H and O–H groups in total. The molecule has 0 bridgehead atoms. The summed E-state index contributed by atoms with van der Waals surface area (Å²) in [5, 5.41) is 4.79. The first-order valence-corrected chi connectivity index (χ1v) is 7.28. The van der Waals surface area contributed by atoms with E-state index in [1.165, 1.54) is 0 Å². The molecule has 0 aromatic heterocycles. The lowest BCUT2D eigenvalue weighted by molar-refractivity contribution is 0.395. The molecule has 2 rings (SSSR count). The fourth-order valence-corrected chi connectivity index (χ4v) is 2.50. The molecule has 0 aliphatic heterocycles. The van der Waals surface area contributed by atoms with Gasteiger partial charge in [0.1, 0.15) is 11.5 Å². The van der Waals surface area contributed by atoms with Crippen LogP contribution < -0.4 is 14.8 Å². The monoisotopic (exact) mass is 345 g/mol. The first kappa shape index (κ1) is 16.1. The summed E-state index contributed by atoms with van der Waals surface area (Å²) < 4.78 is 10.5. The van der Waals surface area contributed by atoms with Gasteiger partial charge in [-0.3, -0.25) is 0 Å². The van der Waals surface area contributed by atoms with Crippen molar-refractivity contribution >= 4 is 40.5 Å². The normalized spacial score (nSPS) is 10.3. The largest absolute Gasteiger partial charge is 0.495 e. The molecule has 0 aliphatic rings. The average Bonchev–Trinajstić information content (AvgIpc) is 2.49. The van der Waals surface area contributed by atoms with Crippen LogP contribution in [0.5, 0.6) is 11.5 Å². The van der Waals surface area contributed by atoms with Crippen molar-refractivity contribution in [2.24, 2.45) is 0 Å². The number of halogens is 3. The van der Waals surface area contributed by atoms with Crippen LogP contribution in [0.25, 0.3) is 0 Å². The number of ether oxygens (including phenoxy) is 2. The van der Waals surface area contributed by atoms with Crippen LogP contribution >= 0.6 is 34.8 Å². The number of nitrogens with one attached hydrogen (secondary N) is 1. The second kappa shape index (κ2) is 7.12. The van der Waals surface area contributed by atoms with Gasteiger partial charge in [0.05, 0.1) is 35.0 Å². The molecule has 3 nitrogen and oxygen atoms in total. The molecule has 0 saturated heterocycles. The highest BCUT2D eigenvalue weighted by atomic mass is 35.5. The summed E-state index contributed by atoms with van der Waals surface area (Å²) in [4.78, 5) is 0. The highest BCUT2D eigenvalue weighted by molar-refractivity contribution is 6.42. The van der Waals surface area contributed by atoms with Gasteiger partial charge in [-0.25, -0.2) is 0 Å². The van der Waals surface area contributed by atoms with Gasteiger partial charge in [0.25, 0.3) is 0 Å². The molecular formula is C15H14Cl3NO2. The summed E-state index contributed by atoms with van der Waals surface area (Å²) in [6, 6.07) is 8.97. The Kier molecular flexibility index (Phi) is 5.45. The summed E-state index contributed by atoms with van der Waals surface area (Å²) in [6.07, 6.45) is 0. The van der Waals surface area contributed by atoms with Crippen LogP contribution in [0.3, 0.4) is 0 Å². The van der Waals surface area contributed by atoms with Crippen molar-refractivity contribution in [3.8, 4) is 11.5 Å². The van der Waals surface area contributed by atoms with Crippen molar-refractivity contribution in [1.82, 2.24) is 0 Å². The van der Waals surface area contributed by atoms with Crippen LogP contribution in [0.2, 0.25) is 15.1 Å². The predicted molar refractivity (Wildman–Crippen MR) is 88.3 cm³/mol. The predicted octanol–water partition coefficient (Wildman–Crippen LogP) is 5.28. The van der Waals surface area contributed by atoms with Crippen molar-refractivity contribution in [3.63, 3.8) is 0 Å². The van der Waals surface area contributed by atoms with E-state index in [1.807, 2.05) is 12.1 Å². The van der Waals surface area contributed by atoms with E-state index < -0.39 is 0 Å². The minimum Gasteiger partial charge on any atom is -0.495 e. The SMILES string of the molecule is COc1cc(OC)c(NCc2cccc(Cl)c2Cl)cc1Cl. The van der Waals surface area contributed by atoms with Crippen molar-refractivity contribution in [2.75, 3.05) is 19.5 Å². The molecule has 0 atom stereocenters. The lowest BCUT2D eigenvalue weighted by Gasteiger charge is -2.14. The maximum absolute atomic E-state index is 6.16. The molecule has 0 fully saturated rings. The van der Waals surface area contributed by atoms with E-state index in [0.717, 1.165) is 11.3 Å². The summed E-state index contributed by atoms with van der Waals surface area (Å²) in [6.45, 7) is 0.498. The number of methoxy groups -OCH3 is 2. The van der Waals surface area contributed by atoms with Crippen LogP contribution in [0, 0.1) is 0 Å². The van der Waals surface area contributed by atoms with Gasteiger partial charge in [-0.1, -0.05) is 46.9 Å². The lowest BCUT2D eigenvalue weighted by Crippen LogP contribution is -2.02. The number of anilines is 1.